The molecule has 0 aliphatic carbocycles. The topological polar surface area (TPSA) is 74.3 Å². The number of hydrogen-bond donors (Lipinski definition) is 0. The van der Waals surface area contributed by atoms with Crippen LogP contribution in [0.4, 0.5) is 4.79 Å². The largest absolute Gasteiger partial charge is 0.457 e. The van der Waals surface area contributed by atoms with E-state index < -0.39 is 0 Å². The summed E-state index contributed by atoms with van der Waals surface area (Å²) >= 11 is 0.895. The van der Waals surface area contributed by atoms with Gasteiger partial charge in [0.25, 0.3) is 11.1 Å². The van der Waals surface area contributed by atoms with Crippen LogP contribution in [-0.2, 0) is 11.3 Å². The van der Waals surface area contributed by atoms with Crippen molar-refractivity contribution >= 4 is 29.0 Å². The monoisotopic (exact) mass is 386 g/mol. The van der Waals surface area contributed by atoms with Crippen LogP contribution in [0.25, 0.3) is 17.4 Å². The maximum absolute atomic E-state index is 12.6. The zero-order valence-corrected chi connectivity index (χ0v) is 15.5. The number of hydrogen-bond acceptors (Lipinski definition) is 5. The molecule has 0 bridgehead atoms. The van der Waals surface area contributed by atoms with Crippen molar-refractivity contribution in [3.63, 3.8) is 0 Å². The number of nitriles is 1. The summed E-state index contributed by atoms with van der Waals surface area (Å²) in [6, 6.07) is 22.1. The summed E-state index contributed by atoms with van der Waals surface area (Å²) in [6.07, 6.45) is 1.56. The molecule has 5 nitrogen and oxygen atoms in total. The summed E-state index contributed by atoms with van der Waals surface area (Å²) in [7, 11) is 0. The molecule has 136 valence electrons. The summed E-state index contributed by atoms with van der Waals surface area (Å²) in [5.41, 5.74) is 2.08. The van der Waals surface area contributed by atoms with Crippen molar-refractivity contribution < 1.29 is 14.0 Å². The van der Waals surface area contributed by atoms with Crippen LogP contribution in [0.15, 0.2) is 76.1 Å². The van der Waals surface area contributed by atoms with Gasteiger partial charge in [0, 0.05) is 11.6 Å². The van der Waals surface area contributed by atoms with Gasteiger partial charge in [0.05, 0.1) is 23.1 Å². The van der Waals surface area contributed by atoms with Crippen LogP contribution in [0.2, 0.25) is 0 Å². The van der Waals surface area contributed by atoms with E-state index in [0.717, 1.165) is 17.3 Å². The molecule has 6 heteroatoms. The quantitative estimate of drug-likeness (QED) is 0.586. The molecule has 1 fully saturated rings. The smallest absolute Gasteiger partial charge is 0.293 e. The van der Waals surface area contributed by atoms with Crippen LogP contribution < -0.4 is 0 Å². The molecule has 2 heterocycles. The number of carbonyl (C=O) groups excluding carboxylic acids is 2. The fourth-order valence-electron chi connectivity index (χ4n) is 2.90. The first kappa shape index (κ1) is 17.8. The highest BCUT2D eigenvalue weighted by Crippen LogP contribution is 2.34. The van der Waals surface area contributed by atoms with Crippen LogP contribution in [0.5, 0.6) is 0 Å². The van der Waals surface area contributed by atoms with Crippen molar-refractivity contribution in [2.24, 2.45) is 0 Å². The highest BCUT2D eigenvalue weighted by atomic mass is 32.2. The van der Waals surface area contributed by atoms with E-state index in [1.54, 1.807) is 36.4 Å². The first-order valence-corrected chi connectivity index (χ1v) is 9.36. The summed E-state index contributed by atoms with van der Waals surface area (Å²) in [6.45, 7) is 0.238. The summed E-state index contributed by atoms with van der Waals surface area (Å²) in [4.78, 5) is 26.4. The van der Waals surface area contributed by atoms with Crippen molar-refractivity contribution in [3.05, 3.63) is 88.5 Å². The standard InChI is InChI=1S/C22H14N2O3S/c23-13-16-8-4-5-9-18(16)19-11-10-17(27-19)12-20-21(25)24(22(26)28-20)14-15-6-2-1-3-7-15/h1-12H,14H2/b20-12+. The second kappa shape index (κ2) is 7.59. The van der Waals surface area contributed by atoms with Gasteiger partial charge in [-0.1, -0.05) is 42.5 Å². The molecule has 0 N–H and O–H groups in total. The number of amides is 2. The fraction of sp³-hybridized carbons (Fsp3) is 0.0455. The molecule has 2 amide bonds. The Labute approximate surface area is 165 Å². The van der Waals surface area contributed by atoms with Crippen LogP contribution in [-0.4, -0.2) is 16.0 Å². The van der Waals surface area contributed by atoms with Crippen LogP contribution in [0.3, 0.4) is 0 Å². The van der Waals surface area contributed by atoms with Crippen molar-refractivity contribution in [2.75, 3.05) is 0 Å². The van der Waals surface area contributed by atoms with Gasteiger partial charge in [-0.15, -0.1) is 0 Å². The van der Waals surface area contributed by atoms with Crippen LogP contribution >= 0.6 is 11.8 Å². The zero-order valence-electron chi connectivity index (χ0n) is 14.7. The van der Waals surface area contributed by atoms with E-state index in [9.17, 15) is 14.9 Å². The molecule has 1 aliphatic heterocycles. The lowest BCUT2D eigenvalue weighted by Gasteiger charge is -2.11. The van der Waals surface area contributed by atoms with E-state index >= 15 is 0 Å². The van der Waals surface area contributed by atoms with E-state index in [0.29, 0.717) is 27.6 Å². The molecule has 1 aliphatic rings. The molecular weight excluding hydrogens is 372 g/mol. The van der Waals surface area contributed by atoms with Crippen LogP contribution in [0.1, 0.15) is 16.9 Å². The molecule has 0 saturated carbocycles. The highest BCUT2D eigenvalue weighted by molar-refractivity contribution is 8.18. The van der Waals surface area contributed by atoms with Gasteiger partial charge in [0.15, 0.2) is 0 Å². The van der Waals surface area contributed by atoms with Crippen molar-refractivity contribution in [2.45, 2.75) is 6.54 Å². The maximum Gasteiger partial charge on any atom is 0.293 e. The average Bonchev–Trinajstić information content (AvgIpc) is 3.29. The molecule has 0 radical (unpaired) electrons. The summed E-state index contributed by atoms with van der Waals surface area (Å²) in [5.74, 6) is 0.647. The first-order chi connectivity index (χ1) is 13.7. The lowest BCUT2D eigenvalue weighted by molar-refractivity contribution is -0.123. The number of thioether (sulfide) groups is 1. The van der Waals surface area contributed by atoms with Crippen molar-refractivity contribution in [1.82, 2.24) is 4.90 Å². The zero-order chi connectivity index (χ0) is 19.5. The van der Waals surface area contributed by atoms with Crippen molar-refractivity contribution in [1.29, 1.82) is 5.26 Å². The lowest BCUT2D eigenvalue weighted by Crippen LogP contribution is -2.27. The second-order valence-corrected chi connectivity index (χ2v) is 7.11. The lowest BCUT2D eigenvalue weighted by atomic mass is 10.1. The van der Waals surface area contributed by atoms with Crippen LogP contribution in [0, 0.1) is 11.3 Å². The first-order valence-electron chi connectivity index (χ1n) is 8.54. The van der Waals surface area contributed by atoms with Gasteiger partial charge in [-0.05, 0) is 41.6 Å². The maximum atomic E-state index is 12.6. The molecular formula is C22H14N2O3S. The van der Waals surface area contributed by atoms with E-state index in [2.05, 4.69) is 6.07 Å². The van der Waals surface area contributed by atoms with Crippen molar-refractivity contribution in [3.8, 4) is 17.4 Å². The Morgan fingerprint density at radius 1 is 1.00 bits per heavy atom. The third-order valence-corrected chi connectivity index (χ3v) is 5.18. The molecule has 0 spiro atoms. The van der Waals surface area contributed by atoms with E-state index in [-0.39, 0.29) is 17.7 Å². The SMILES string of the molecule is N#Cc1ccccc1-c1ccc(/C=C2/SC(=O)N(Cc3ccccc3)C2=O)o1. The predicted octanol–water partition coefficient (Wildman–Crippen LogP) is 5.05. The number of benzene rings is 2. The molecule has 28 heavy (non-hydrogen) atoms. The summed E-state index contributed by atoms with van der Waals surface area (Å²) in [5, 5.41) is 8.93. The minimum atomic E-state index is -0.339. The molecule has 1 saturated heterocycles. The Kier molecular flexibility index (Phi) is 4.83. The van der Waals surface area contributed by atoms with E-state index in [4.69, 9.17) is 4.42 Å². The van der Waals surface area contributed by atoms with Gasteiger partial charge in [-0.3, -0.25) is 14.5 Å². The Morgan fingerprint density at radius 2 is 1.75 bits per heavy atom. The van der Waals surface area contributed by atoms with Gasteiger partial charge in [-0.25, -0.2) is 0 Å². The molecule has 2 aromatic carbocycles. The molecule has 3 aromatic rings. The average molecular weight is 386 g/mol. The highest BCUT2D eigenvalue weighted by Gasteiger charge is 2.35. The molecule has 0 unspecified atom stereocenters. The number of rotatable bonds is 4. The molecule has 0 atom stereocenters. The Morgan fingerprint density at radius 3 is 2.54 bits per heavy atom. The third kappa shape index (κ3) is 3.48. The minimum absolute atomic E-state index is 0.238. The van der Waals surface area contributed by atoms with Gasteiger partial charge in [0.1, 0.15) is 11.5 Å². The Balaban J connectivity index is 1.57. The number of nitrogens with zero attached hydrogens (tertiary/aromatic N) is 2. The third-order valence-electron chi connectivity index (χ3n) is 4.27. The number of carbonyl (C=O) groups is 2. The molecule has 4 rings (SSSR count). The number of imide groups is 1. The predicted molar refractivity (Wildman–Crippen MR) is 107 cm³/mol. The minimum Gasteiger partial charge on any atom is -0.457 e. The summed E-state index contributed by atoms with van der Waals surface area (Å²) < 4.78 is 5.79. The molecule has 1 aromatic heterocycles. The van der Waals surface area contributed by atoms with Gasteiger partial charge in [-0.2, -0.15) is 5.26 Å². The van der Waals surface area contributed by atoms with Gasteiger partial charge >= 0.3 is 0 Å². The van der Waals surface area contributed by atoms with E-state index in [1.807, 2.05) is 36.4 Å². The van der Waals surface area contributed by atoms with E-state index in [1.165, 1.54) is 4.90 Å². The van der Waals surface area contributed by atoms with Gasteiger partial charge < -0.3 is 4.42 Å². The number of furan rings is 1. The Hall–Kier alpha value is -3.56. The normalized spacial score (nSPS) is 15.2. The second-order valence-electron chi connectivity index (χ2n) is 6.11. The fourth-order valence-corrected chi connectivity index (χ4v) is 3.72. The van der Waals surface area contributed by atoms with Gasteiger partial charge in [0.2, 0.25) is 0 Å². The Bertz CT molecular complexity index is 1130.